The second-order valence-electron chi connectivity index (χ2n) is 6.54. The lowest BCUT2D eigenvalue weighted by atomic mass is 9.96. The van der Waals surface area contributed by atoms with Crippen molar-refractivity contribution in [2.24, 2.45) is 0 Å². The summed E-state index contributed by atoms with van der Waals surface area (Å²) in [7, 11) is 0. The molecule has 1 N–H and O–H groups in total. The second-order valence-corrected chi connectivity index (χ2v) is 6.54. The zero-order chi connectivity index (χ0) is 17.2. The van der Waals surface area contributed by atoms with E-state index in [4.69, 9.17) is 14.3 Å². The fourth-order valence-corrected chi connectivity index (χ4v) is 3.56. The predicted molar refractivity (Wildman–Crippen MR) is 93.9 cm³/mol. The lowest BCUT2D eigenvalue weighted by Crippen LogP contribution is -2.53. The smallest absolute Gasteiger partial charge is 0.155 e. The first kappa shape index (κ1) is 16.5. The molecule has 2 aromatic rings. The maximum atomic E-state index is 10.4. The minimum Gasteiger partial charge on any atom is -0.388 e. The molecular weight excluding hydrogens is 318 g/mol. The molecule has 2 aliphatic heterocycles. The van der Waals surface area contributed by atoms with E-state index < -0.39 is 6.10 Å². The fraction of sp³-hybridized carbons (Fsp3) is 0.400. The first-order chi connectivity index (χ1) is 12.2. The quantitative estimate of drug-likeness (QED) is 0.930. The van der Waals surface area contributed by atoms with Gasteiger partial charge in [0.1, 0.15) is 18.3 Å². The molecule has 0 radical (unpaired) electrons. The number of rotatable bonds is 3. The van der Waals surface area contributed by atoms with Crippen molar-refractivity contribution in [1.82, 2.24) is 0 Å². The van der Waals surface area contributed by atoms with E-state index in [2.05, 4.69) is 12.1 Å². The molecule has 5 atom stereocenters. The number of hydroxylamine groups is 1. The van der Waals surface area contributed by atoms with Crippen molar-refractivity contribution in [3.63, 3.8) is 0 Å². The van der Waals surface area contributed by atoms with Gasteiger partial charge in [-0.25, -0.2) is 5.06 Å². The van der Waals surface area contributed by atoms with Gasteiger partial charge in [0.25, 0.3) is 0 Å². The molecular formula is C20H23NO4. The van der Waals surface area contributed by atoms with Crippen molar-refractivity contribution in [1.29, 1.82) is 0 Å². The zero-order valence-electron chi connectivity index (χ0n) is 14.2. The van der Waals surface area contributed by atoms with Gasteiger partial charge in [-0.2, -0.15) is 0 Å². The van der Waals surface area contributed by atoms with E-state index in [9.17, 15) is 5.11 Å². The van der Waals surface area contributed by atoms with Crippen LogP contribution in [0, 0.1) is 0 Å². The summed E-state index contributed by atoms with van der Waals surface area (Å²) in [6.07, 6.45) is -0.696. The molecule has 0 spiro atoms. The van der Waals surface area contributed by atoms with Crippen molar-refractivity contribution < 1.29 is 19.4 Å². The van der Waals surface area contributed by atoms with Crippen LogP contribution in [0.5, 0.6) is 0 Å². The van der Waals surface area contributed by atoms with Gasteiger partial charge in [-0.3, -0.25) is 4.84 Å². The van der Waals surface area contributed by atoms with Crippen LogP contribution in [0.4, 0.5) is 5.69 Å². The normalized spacial score (nSPS) is 32.7. The molecule has 5 heteroatoms. The lowest BCUT2D eigenvalue weighted by molar-refractivity contribution is -0.249. The highest BCUT2D eigenvalue weighted by molar-refractivity contribution is 5.46. The molecule has 2 heterocycles. The summed E-state index contributed by atoms with van der Waals surface area (Å²) in [6.45, 7) is 2.14. The molecule has 0 aromatic heterocycles. The Kier molecular flexibility index (Phi) is 4.72. The largest absolute Gasteiger partial charge is 0.388 e. The van der Waals surface area contributed by atoms with Crippen LogP contribution in [0.3, 0.4) is 0 Å². The summed E-state index contributed by atoms with van der Waals surface area (Å²) < 4.78 is 11.3. The average molecular weight is 341 g/mol. The molecule has 2 aliphatic rings. The van der Waals surface area contributed by atoms with E-state index in [1.54, 1.807) is 0 Å². The summed E-state index contributed by atoms with van der Waals surface area (Å²) in [5, 5.41) is 12.3. The van der Waals surface area contributed by atoms with Crippen LogP contribution in [0.15, 0.2) is 60.7 Å². The Labute approximate surface area is 147 Å². The minimum absolute atomic E-state index is 0.0691. The summed E-state index contributed by atoms with van der Waals surface area (Å²) in [6, 6.07) is 20.0. The average Bonchev–Trinajstić information content (AvgIpc) is 3.10. The number of aliphatic hydroxyl groups is 1. The van der Waals surface area contributed by atoms with Gasteiger partial charge >= 0.3 is 0 Å². The molecule has 0 unspecified atom stereocenters. The standard InChI is InChI=1S/C20H23NO4/c1-14-23-13-18(22)20(24-14)17-12-19(15-8-4-2-5-9-15)25-21(17)16-10-6-3-7-11-16/h2-11,14,17-20,22H,12-13H2,1H3/t14-,17-,18-,19-,20+/m1/s1. The van der Waals surface area contributed by atoms with E-state index in [0.717, 1.165) is 17.7 Å². The van der Waals surface area contributed by atoms with Gasteiger partial charge in [-0.1, -0.05) is 48.5 Å². The second kappa shape index (κ2) is 7.14. The summed E-state index contributed by atoms with van der Waals surface area (Å²) in [5.41, 5.74) is 2.08. The van der Waals surface area contributed by atoms with Gasteiger partial charge in [0, 0.05) is 6.42 Å². The maximum absolute atomic E-state index is 10.4. The Morgan fingerprint density at radius 2 is 1.68 bits per heavy atom. The molecule has 2 aromatic carbocycles. The Bertz CT molecular complexity index is 681. The highest BCUT2D eigenvalue weighted by Crippen LogP contribution is 2.39. The van der Waals surface area contributed by atoms with Gasteiger partial charge in [-0.15, -0.1) is 0 Å². The van der Waals surface area contributed by atoms with Crippen molar-refractivity contribution in [3.05, 3.63) is 66.2 Å². The SMILES string of the molecule is C[C@@H]1OC[C@@H](O)[C@H]([C@H]2C[C@H](c3ccccc3)ON2c2ccccc2)O1. The summed E-state index contributed by atoms with van der Waals surface area (Å²) in [4.78, 5) is 6.28. The Morgan fingerprint density at radius 1 is 1.00 bits per heavy atom. The summed E-state index contributed by atoms with van der Waals surface area (Å²) in [5.74, 6) is 0. The lowest BCUT2D eigenvalue weighted by Gasteiger charge is -2.38. The number of ether oxygens (including phenoxy) is 2. The molecule has 5 nitrogen and oxygen atoms in total. The van der Waals surface area contributed by atoms with Crippen molar-refractivity contribution in [3.8, 4) is 0 Å². The van der Waals surface area contributed by atoms with Crippen LogP contribution in [-0.2, 0) is 14.3 Å². The molecule has 2 fully saturated rings. The molecule has 25 heavy (non-hydrogen) atoms. The van der Waals surface area contributed by atoms with Crippen LogP contribution in [0.25, 0.3) is 0 Å². The third-order valence-corrected chi connectivity index (χ3v) is 4.79. The number of para-hydroxylation sites is 1. The van der Waals surface area contributed by atoms with Crippen LogP contribution in [0.2, 0.25) is 0 Å². The number of nitrogens with zero attached hydrogens (tertiary/aromatic N) is 1. The third-order valence-electron chi connectivity index (χ3n) is 4.79. The first-order valence-electron chi connectivity index (χ1n) is 8.73. The van der Waals surface area contributed by atoms with E-state index in [1.807, 2.05) is 60.5 Å². The molecule has 0 saturated carbocycles. The van der Waals surface area contributed by atoms with Crippen LogP contribution in [0.1, 0.15) is 25.0 Å². The predicted octanol–water partition coefficient (Wildman–Crippen LogP) is 3.06. The fourth-order valence-electron chi connectivity index (χ4n) is 3.56. The molecule has 0 aliphatic carbocycles. The number of anilines is 1. The first-order valence-corrected chi connectivity index (χ1v) is 8.73. The number of hydrogen-bond donors (Lipinski definition) is 1. The van der Waals surface area contributed by atoms with Crippen molar-refractivity contribution in [2.75, 3.05) is 11.7 Å². The van der Waals surface area contributed by atoms with Crippen molar-refractivity contribution in [2.45, 2.75) is 44.0 Å². The van der Waals surface area contributed by atoms with Gasteiger partial charge in [0.05, 0.1) is 18.3 Å². The maximum Gasteiger partial charge on any atom is 0.155 e. The van der Waals surface area contributed by atoms with Gasteiger partial charge in [0.2, 0.25) is 0 Å². The van der Waals surface area contributed by atoms with Crippen LogP contribution >= 0.6 is 0 Å². The Hall–Kier alpha value is -1.92. The number of aliphatic hydroxyl groups excluding tert-OH is 1. The zero-order valence-corrected chi connectivity index (χ0v) is 14.2. The van der Waals surface area contributed by atoms with Gasteiger partial charge in [-0.05, 0) is 24.6 Å². The van der Waals surface area contributed by atoms with Gasteiger partial charge in [0.15, 0.2) is 6.29 Å². The van der Waals surface area contributed by atoms with E-state index in [0.29, 0.717) is 0 Å². The highest BCUT2D eigenvalue weighted by Gasteiger charge is 2.45. The molecule has 0 bridgehead atoms. The van der Waals surface area contributed by atoms with Crippen LogP contribution < -0.4 is 5.06 Å². The Balaban J connectivity index is 1.64. The molecule has 0 amide bonds. The van der Waals surface area contributed by atoms with E-state index in [-0.39, 0.29) is 31.1 Å². The van der Waals surface area contributed by atoms with Crippen molar-refractivity contribution >= 4 is 5.69 Å². The third kappa shape index (κ3) is 3.41. The number of hydrogen-bond acceptors (Lipinski definition) is 5. The summed E-state index contributed by atoms with van der Waals surface area (Å²) >= 11 is 0. The molecule has 4 rings (SSSR count). The topological polar surface area (TPSA) is 51.2 Å². The highest BCUT2D eigenvalue weighted by atomic mass is 16.7. The molecule has 2 saturated heterocycles. The molecule has 132 valence electrons. The Morgan fingerprint density at radius 3 is 2.40 bits per heavy atom. The van der Waals surface area contributed by atoms with Gasteiger partial charge < -0.3 is 14.6 Å². The van der Waals surface area contributed by atoms with E-state index in [1.165, 1.54) is 0 Å². The van der Waals surface area contributed by atoms with Crippen LogP contribution in [-0.4, -0.2) is 36.3 Å². The van der Waals surface area contributed by atoms with E-state index >= 15 is 0 Å². The minimum atomic E-state index is -0.675. The monoisotopic (exact) mass is 341 g/mol. The number of benzene rings is 2.